The van der Waals surface area contributed by atoms with Crippen molar-refractivity contribution in [2.24, 2.45) is 0 Å². The van der Waals surface area contributed by atoms with Gasteiger partial charge in [-0.05, 0) is 42.4 Å². The number of hydrogen-bond donors (Lipinski definition) is 2. The Balaban J connectivity index is 1.89. The molecule has 4 nitrogen and oxygen atoms in total. The smallest absolute Gasteiger partial charge is 0.338 e. The van der Waals surface area contributed by atoms with E-state index < -0.39 is 12.0 Å². The van der Waals surface area contributed by atoms with Crippen LogP contribution in [-0.4, -0.2) is 11.1 Å². The number of esters is 1. The third-order valence-corrected chi connectivity index (χ3v) is 4.76. The molecule has 0 fully saturated rings. The van der Waals surface area contributed by atoms with E-state index in [0.717, 1.165) is 5.56 Å². The number of halogens is 2. The molecule has 26 heavy (non-hydrogen) atoms. The number of rotatable bonds is 4. The first-order valence-corrected chi connectivity index (χ1v) is 9.06. The molecule has 0 saturated carbocycles. The van der Waals surface area contributed by atoms with E-state index in [2.05, 4.69) is 10.6 Å². The summed E-state index contributed by atoms with van der Waals surface area (Å²) in [4.78, 5) is 12.8. The molecule has 0 amide bonds. The third kappa shape index (κ3) is 4.18. The monoisotopic (exact) mass is 406 g/mol. The summed E-state index contributed by atoms with van der Waals surface area (Å²) in [5.41, 5.74) is 2.67. The zero-order valence-electron chi connectivity index (χ0n) is 13.9. The average molecular weight is 407 g/mol. The number of thiocarbonyl (C=S) groups is 1. The van der Waals surface area contributed by atoms with Crippen LogP contribution in [-0.2, 0) is 16.1 Å². The topological polar surface area (TPSA) is 50.4 Å². The molecule has 3 rings (SSSR count). The Morgan fingerprint density at radius 3 is 2.62 bits per heavy atom. The van der Waals surface area contributed by atoms with E-state index in [4.69, 9.17) is 40.2 Å². The molecule has 1 heterocycles. The first kappa shape index (κ1) is 18.7. The number of nitrogens with one attached hydrogen (secondary N) is 2. The zero-order valence-corrected chi connectivity index (χ0v) is 16.2. The van der Waals surface area contributed by atoms with Gasteiger partial charge in [0.05, 0.1) is 11.6 Å². The van der Waals surface area contributed by atoms with Crippen LogP contribution in [0, 0.1) is 0 Å². The number of ether oxygens (including phenoxy) is 1. The van der Waals surface area contributed by atoms with Gasteiger partial charge in [-0.25, -0.2) is 4.79 Å². The van der Waals surface area contributed by atoms with E-state index in [-0.39, 0.29) is 6.61 Å². The Labute approximate surface area is 167 Å². The number of carbonyl (C=O) groups excluding carboxylic acids is 1. The Kier molecular flexibility index (Phi) is 5.81. The molecule has 1 atom stereocenters. The highest BCUT2D eigenvalue weighted by Gasteiger charge is 2.32. The molecule has 0 aliphatic carbocycles. The molecular formula is C19H16Cl2N2O2S. The van der Waals surface area contributed by atoms with Crippen molar-refractivity contribution < 1.29 is 9.53 Å². The molecule has 0 saturated heterocycles. The van der Waals surface area contributed by atoms with Crippen LogP contribution in [0.3, 0.4) is 0 Å². The largest absolute Gasteiger partial charge is 0.457 e. The van der Waals surface area contributed by atoms with Gasteiger partial charge in [0.15, 0.2) is 5.11 Å². The normalized spacial score (nSPS) is 16.7. The Bertz CT molecular complexity index is 884. The van der Waals surface area contributed by atoms with Gasteiger partial charge < -0.3 is 15.4 Å². The van der Waals surface area contributed by atoms with Crippen LogP contribution >= 0.6 is 35.4 Å². The molecule has 7 heteroatoms. The summed E-state index contributed by atoms with van der Waals surface area (Å²) in [5, 5.41) is 7.43. The lowest BCUT2D eigenvalue weighted by molar-refractivity contribution is -0.140. The molecule has 2 N–H and O–H groups in total. The van der Waals surface area contributed by atoms with E-state index in [1.807, 2.05) is 30.3 Å². The van der Waals surface area contributed by atoms with Crippen LogP contribution < -0.4 is 10.6 Å². The highest BCUT2D eigenvalue weighted by Crippen LogP contribution is 2.33. The Morgan fingerprint density at radius 1 is 1.19 bits per heavy atom. The van der Waals surface area contributed by atoms with Crippen LogP contribution in [0.15, 0.2) is 59.8 Å². The van der Waals surface area contributed by atoms with Crippen molar-refractivity contribution in [1.82, 2.24) is 10.6 Å². The Morgan fingerprint density at radius 2 is 1.92 bits per heavy atom. The SMILES string of the molecule is CC1=C(C(=O)OCc2ccccc2)[C@H](c2ccc(Cl)cc2Cl)NC(=S)N1. The molecule has 1 aliphatic heterocycles. The van der Waals surface area contributed by atoms with Crippen LogP contribution in [0.4, 0.5) is 0 Å². The van der Waals surface area contributed by atoms with Gasteiger partial charge >= 0.3 is 5.97 Å². The molecule has 2 aromatic rings. The molecule has 0 bridgehead atoms. The summed E-state index contributed by atoms with van der Waals surface area (Å²) < 4.78 is 5.50. The fourth-order valence-corrected chi connectivity index (χ4v) is 3.52. The standard InChI is InChI=1S/C19H16Cl2N2O2S/c1-11-16(18(24)25-10-12-5-3-2-4-6-12)17(23-19(26)22-11)14-8-7-13(20)9-15(14)21/h2-9,17H,10H2,1H3,(H2,22,23,26)/t17-/m0/s1. The van der Waals surface area contributed by atoms with Gasteiger partial charge in [-0.2, -0.15) is 0 Å². The quantitative estimate of drug-likeness (QED) is 0.576. The second kappa shape index (κ2) is 8.08. The van der Waals surface area contributed by atoms with Gasteiger partial charge in [0, 0.05) is 15.7 Å². The van der Waals surface area contributed by atoms with E-state index in [9.17, 15) is 4.79 Å². The minimum atomic E-state index is -0.517. The lowest BCUT2D eigenvalue weighted by atomic mass is 9.95. The summed E-state index contributed by atoms with van der Waals surface area (Å²) >= 11 is 17.6. The van der Waals surface area contributed by atoms with Crippen LogP contribution in [0.5, 0.6) is 0 Å². The van der Waals surface area contributed by atoms with Gasteiger partial charge in [0.1, 0.15) is 6.61 Å². The highest BCUT2D eigenvalue weighted by molar-refractivity contribution is 7.80. The third-order valence-electron chi connectivity index (χ3n) is 3.98. The first-order chi connectivity index (χ1) is 12.5. The van der Waals surface area contributed by atoms with Crippen molar-refractivity contribution in [1.29, 1.82) is 0 Å². The molecule has 2 aromatic carbocycles. The number of benzene rings is 2. The number of hydrogen-bond acceptors (Lipinski definition) is 3. The van der Waals surface area contributed by atoms with Crippen LogP contribution in [0.25, 0.3) is 0 Å². The Hall–Kier alpha value is -2.08. The maximum absolute atomic E-state index is 12.8. The summed E-state index contributed by atoms with van der Waals surface area (Å²) in [6.45, 7) is 1.96. The second-order valence-corrected chi connectivity index (χ2v) is 7.05. The average Bonchev–Trinajstić information content (AvgIpc) is 2.60. The summed E-state index contributed by atoms with van der Waals surface area (Å²) in [6.07, 6.45) is 0. The van der Waals surface area contributed by atoms with Crippen molar-refractivity contribution in [2.75, 3.05) is 0 Å². The summed E-state index contributed by atoms with van der Waals surface area (Å²) in [5.74, 6) is -0.440. The van der Waals surface area contributed by atoms with Gasteiger partial charge in [-0.3, -0.25) is 0 Å². The van der Waals surface area contributed by atoms with Gasteiger partial charge in [0.25, 0.3) is 0 Å². The first-order valence-electron chi connectivity index (χ1n) is 7.90. The number of carbonyl (C=O) groups is 1. The van der Waals surface area contributed by atoms with Crippen molar-refractivity contribution in [2.45, 2.75) is 19.6 Å². The summed E-state index contributed by atoms with van der Waals surface area (Å²) in [6, 6.07) is 14.1. The van der Waals surface area contributed by atoms with Crippen molar-refractivity contribution in [3.05, 3.63) is 81.0 Å². The van der Waals surface area contributed by atoms with Crippen LogP contribution in [0.1, 0.15) is 24.1 Å². The molecule has 0 spiro atoms. The van der Waals surface area contributed by atoms with Crippen molar-refractivity contribution >= 4 is 46.5 Å². The molecule has 134 valence electrons. The minimum absolute atomic E-state index is 0.183. The van der Waals surface area contributed by atoms with Gasteiger partial charge in [0.2, 0.25) is 0 Å². The maximum Gasteiger partial charge on any atom is 0.338 e. The predicted molar refractivity (Wildman–Crippen MR) is 107 cm³/mol. The second-order valence-electron chi connectivity index (χ2n) is 5.80. The minimum Gasteiger partial charge on any atom is -0.457 e. The van der Waals surface area contributed by atoms with E-state index >= 15 is 0 Å². The molecule has 0 unspecified atom stereocenters. The zero-order chi connectivity index (χ0) is 18.7. The van der Waals surface area contributed by atoms with Crippen molar-refractivity contribution in [3.8, 4) is 0 Å². The van der Waals surface area contributed by atoms with Crippen molar-refractivity contribution in [3.63, 3.8) is 0 Å². The van der Waals surface area contributed by atoms with Gasteiger partial charge in [-0.1, -0.05) is 59.6 Å². The fourth-order valence-electron chi connectivity index (χ4n) is 2.73. The predicted octanol–water partition coefficient (Wildman–Crippen LogP) is 4.53. The van der Waals surface area contributed by atoms with E-state index in [1.165, 1.54) is 0 Å². The lowest BCUT2D eigenvalue weighted by Crippen LogP contribution is -2.45. The van der Waals surface area contributed by atoms with Gasteiger partial charge in [-0.15, -0.1) is 0 Å². The van der Waals surface area contributed by atoms with Crippen LogP contribution in [0.2, 0.25) is 10.0 Å². The lowest BCUT2D eigenvalue weighted by Gasteiger charge is -2.30. The molecular weight excluding hydrogens is 391 g/mol. The molecule has 1 aliphatic rings. The number of allylic oxidation sites excluding steroid dienone is 1. The molecule has 0 radical (unpaired) electrons. The van der Waals surface area contributed by atoms with E-state index in [0.29, 0.717) is 32.0 Å². The molecule has 0 aromatic heterocycles. The summed E-state index contributed by atoms with van der Waals surface area (Å²) in [7, 11) is 0. The van der Waals surface area contributed by atoms with E-state index in [1.54, 1.807) is 25.1 Å². The maximum atomic E-state index is 12.8. The fraction of sp³-hybridized carbons (Fsp3) is 0.158. The highest BCUT2D eigenvalue weighted by atomic mass is 35.5.